The van der Waals surface area contributed by atoms with Crippen LogP contribution in [-0.4, -0.2) is 29.6 Å². The fraction of sp³-hybridized carbons (Fsp3) is 0.136. The van der Waals surface area contributed by atoms with Gasteiger partial charge >= 0.3 is 0 Å². The first-order chi connectivity index (χ1) is 14.6. The van der Waals surface area contributed by atoms with Crippen LogP contribution >= 0.6 is 11.3 Å². The van der Waals surface area contributed by atoms with Gasteiger partial charge in [0.15, 0.2) is 18.1 Å². The number of nitrogens with one attached hydrogen (secondary N) is 1. The largest absolute Gasteiger partial charge is 0.493 e. The number of amides is 1. The third kappa shape index (κ3) is 4.33. The summed E-state index contributed by atoms with van der Waals surface area (Å²) in [6, 6.07) is 17.8. The second kappa shape index (κ2) is 8.79. The number of fused-ring (bicyclic) bond motifs is 1. The first-order valence-electron chi connectivity index (χ1n) is 9.26. The van der Waals surface area contributed by atoms with Crippen LogP contribution < -0.4 is 20.5 Å². The number of hydrogen-bond acceptors (Lipinski definition) is 7. The van der Waals surface area contributed by atoms with Gasteiger partial charge in [0, 0.05) is 11.4 Å². The highest BCUT2D eigenvalue weighted by Crippen LogP contribution is 2.35. The van der Waals surface area contributed by atoms with E-state index in [0.29, 0.717) is 18.0 Å². The fourth-order valence-corrected chi connectivity index (χ4v) is 4.02. The molecule has 3 N–H and O–H groups in total. The Morgan fingerprint density at radius 2 is 1.93 bits per heavy atom. The van der Waals surface area contributed by atoms with E-state index in [1.54, 1.807) is 30.8 Å². The highest BCUT2D eigenvalue weighted by Gasteiger charge is 2.11. The molecule has 152 valence electrons. The lowest BCUT2D eigenvalue weighted by Crippen LogP contribution is -2.20. The van der Waals surface area contributed by atoms with E-state index >= 15 is 0 Å². The zero-order chi connectivity index (χ0) is 20.9. The molecule has 4 aromatic rings. The molecule has 2 heterocycles. The van der Waals surface area contributed by atoms with Crippen molar-refractivity contribution in [3.63, 3.8) is 0 Å². The zero-order valence-corrected chi connectivity index (χ0v) is 17.1. The number of methoxy groups -OCH3 is 1. The maximum Gasteiger partial charge on any atom is 0.255 e. The van der Waals surface area contributed by atoms with E-state index < -0.39 is 5.91 Å². The molecule has 8 heteroatoms. The number of thiophene rings is 1. The summed E-state index contributed by atoms with van der Waals surface area (Å²) in [7, 11) is 1.55. The van der Waals surface area contributed by atoms with Crippen LogP contribution in [0, 0.1) is 0 Å². The van der Waals surface area contributed by atoms with Crippen LogP contribution in [0.3, 0.4) is 0 Å². The van der Waals surface area contributed by atoms with Crippen molar-refractivity contribution in [2.24, 2.45) is 5.73 Å². The Kier molecular flexibility index (Phi) is 5.76. The molecule has 0 saturated carbocycles. The van der Waals surface area contributed by atoms with Crippen molar-refractivity contribution in [1.29, 1.82) is 0 Å². The smallest absolute Gasteiger partial charge is 0.255 e. The summed E-state index contributed by atoms with van der Waals surface area (Å²) < 4.78 is 10.7. The maximum atomic E-state index is 10.9. The van der Waals surface area contributed by atoms with E-state index in [4.69, 9.17) is 15.2 Å². The molecule has 4 rings (SSSR count). The van der Waals surface area contributed by atoms with E-state index in [9.17, 15) is 4.79 Å². The van der Waals surface area contributed by atoms with Crippen LogP contribution in [0.1, 0.15) is 5.56 Å². The number of hydrogen-bond donors (Lipinski definition) is 2. The summed E-state index contributed by atoms with van der Waals surface area (Å²) in [5, 5.41) is 4.36. The number of ether oxygens (including phenoxy) is 2. The number of carbonyl (C=O) groups is 1. The highest BCUT2D eigenvalue weighted by molar-refractivity contribution is 7.21. The molecule has 0 atom stereocenters. The van der Waals surface area contributed by atoms with Gasteiger partial charge in [-0.2, -0.15) is 0 Å². The maximum absolute atomic E-state index is 10.9. The quantitative estimate of drug-likeness (QED) is 0.449. The topological polar surface area (TPSA) is 99.4 Å². The molecule has 30 heavy (non-hydrogen) atoms. The summed E-state index contributed by atoms with van der Waals surface area (Å²) in [5.41, 5.74) is 7.26. The SMILES string of the molecule is COc1cc(CNc2ncnc3sc(-c4ccccc4)cc23)ccc1OCC(N)=O. The van der Waals surface area contributed by atoms with Crippen LogP contribution in [0.2, 0.25) is 0 Å². The standard InChI is InChI=1S/C22H20N4O3S/c1-28-18-9-14(7-8-17(18)29-12-20(23)27)11-24-21-16-10-19(15-5-3-2-4-6-15)30-22(16)26-13-25-21/h2-10,13H,11-12H2,1H3,(H2,23,27)(H,24,25,26). The van der Waals surface area contributed by atoms with Gasteiger partial charge in [-0.05, 0) is 29.3 Å². The minimum absolute atomic E-state index is 0.200. The normalized spacial score (nSPS) is 10.7. The molecule has 2 aromatic heterocycles. The lowest BCUT2D eigenvalue weighted by atomic mass is 10.2. The van der Waals surface area contributed by atoms with Crippen LogP contribution in [0.15, 0.2) is 60.9 Å². The molecule has 0 spiro atoms. The zero-order valence-electron chi connectivity index (χ0n) is 16.3. The monoisotopic (exact) mass is 420 g/mol. The first-order valence-corrected chi connectivity index (χ1v) is 10.1. The van der Waals surface area contributed by atoms with Crippen molar-refractivity contribution in [1.82, 2.24) is 9.97 Å². The number of anilines is 1. The number of aromatic nitrogens is 2. The van der Waals surface area contributed by atoms with Crippen molar-refractivity contribution in [3.8, 4) is 21.9 Å². The summed E-state index contributed by atoms with van der Waals surface area (Å²) in [5.74, 6) is 1.23. The van der Waals surface area contributed by atoms with Crippen molar-refractivity contribution in [2.45, 2.75) is 6.54 Å². The molecule has 0 saturated heterocycles. The van der Waals surface area contributed by atoms with Gasteiger partial charge in [0.05, 0.1) is 12.5 Å². The van der Waals surface area contributed by atoms with E-state index in [-0.39, 0.29) is 6.61 Å². The van der Waals surface area contributed by atoms with Gasteiger partial charge in [0.1, 0.15) is 17.0 Å². The van der Waals surface area contributed by atoms with Crippen molar-refractivity contribution in [3.05, 3.63) is 66.5 Å². The van der Waals surface area contributed by atoms with Crippen LogP contribution in [0.4, 0.5) is 5.82 Å². The Labute approximate surface area is 177 Å². The van der Waals surface area contributed by atoms with E-state index in [1.165, 1.54) is 0 Å². The molecule has 0 fully saturated rings. The lowest BCUT2D eigenvalue weighted by Gasteiger charge is -2.12. The average molecular weight is 420 g/mol. The molecule has 0 radical (unpaired) electrons. The van der Waals surface area contributed by atoms with Gasteiger partial charge in [0.25, 0.3) is 5.91 Å². The van der Waals surface area contributed by atoms with Gasteiger partial charge in [-0.1, -0.05) is 36.4 Å². The fourth-order valence-electron chi connectivity index (χ4n) is 3.02. The lowest BCUT2D eigenvalue weighted by molar-refractivity contribution is -0.119. The van der Waals surface area contributed by atoms with Gasteiger partial charge in [-0.3, -0.25) is 4.79 Å². The second-order valence-corrected chi connectivity index (χ2v) is 7.54. The van der Waals surface area contributed by atoms with Crippen LogP contribution in [-0.2, 0) is 11.3 Å². The Morgan fingerprint density at radius 3 is 2.70 bits per heavy atom. The predicted molar refractivity (Wildman–Crippen MR) is 118 cm³/mol. The number of carbonyl (C=O) groups excluding carboxylic acids is 1. The Hall–Kier alpha value is -3.65. The third-order valence-electron chi connectivity index (χ3n) is 4.45. The Bertz CT molecular complexity index is 1180. The van der Waals surface area contributed by atoms with E-state index in [0.717, 1.165) is 32.0 Å². The number of primary amides is 1. The second-order valence-electron chi connectivity index (χ2n) is 6.51. The summed E-state index contributed by atoms with van der Waals surface area (Å²) >= 11 is 1.64. The number of nitrogens with zero attached hydrogens (tertiary/aromatic N) is 2. The average Bonchev–Trinajstić information content (AvgIpc) is 3.22. The number of benzene rings is 2. The van der Waals surface area contributed by atoms with Gasteiger partial charge in [-0.15, -0.1) is 11.3 Å². The molecule has 2 aromatic carbocycles. The van der Waals surface area contributed by atoms with Crippen molar-refractivity contribution in [2.75, 3.05) is 19.0 Å². The van der Waals surface area contributed by atoms with Crippen LogP contribution in [0.25, 0.3) is 20.7 Å². The Balaban J connectivity index is 1.53. The summed E-state index contributed by atoms with van der Waals surface area (Å²) in [6.07, 6.45) is 1.57. The number of rotatable bonds is 8. The number of nitrogens with two attached hydrogens (primary N) is 1. The van der Waals surface area contributed by atoms with Gasteiger partial charge < -0.3 is 20.5 Å². The molecule has 7 nitrogen and oxygen atoms in total. The minimum Gasteiger partial charge on any atom is -0.493 e. The molecule has 0 aliphatic heterocycles. The van der Waals surface area contributed by atoms with E-state index in [2.05, 4.69) is 33.5 Å². The van der Waals surface area contributed by atoms with Gasteiger partial charge in [0.2, 0.25) is 0 Å². The highest BCUT2D eigenvalue weighted by atomic mass is 32.1. The predicted octanol–water partition coefficient (Wildman–Crippen LogP) is 3.84. The van der Waals surface area contributed by atoms with E-state index in [1.807, 2.05) is 30.3 Å². The molecule has 0 aliphatic carbocycles. The molecule has 0 unspecified atom stereocenters. The van der Waals surface area contributed by atoms with Gasteiger partial charge in [-0.25, -0.2) is 9.97 Å². The molecular weight excluding hydrogens is 400 g/mol. The van der Waals surface area contributed by atoms with Crippen LogP contribution in [0.5, 0.6) is 11.5 Å². The minimum atomic E-state index is -0.541. The summed E-state index contributed by atoms with van der Waals surface area (Å²) in [6.45, 7) is 0.337. The molecule has 1 amide bonds. The molecular formula is C22H20N4O3S. The van der Waals surface area contributed by atoms with Crippen molar-refractivity contribution >= 4 is 33.3 Å². The first kappa shape index (κ1) is 19.7. The third-order valence-corrected chi connectivity index (χ3v) is 5.54. The molecule has 0 aliphatic rings. The Morgan fingerprint density at radius 1 is 1.10 bits per heavy atom. The summed E-state index contributed by atoms with van der Waals surface area (Å²) in [4.78, 5) is 21.8. The van der Waals surface area contributed by atoms with Crippen molar-refractivity contribution < 1.29 is 14.3 Å². The molecule has 0 bridgehead atoms.